The molecule has 1 aromatic rings. The number of likely N-dealkylation sites (tertiary alicyclic amines) is 1. The zero-order valence-corrected chi connectivity index (χ0v) is 30.8. The summed E-state index contributed by atoms with van der Waals surface area (Å²) < 4.78 is 29.5. The zero-order chi connectivity index (χ0) is 37.1. The van der Waals surface area contributed by atoms with E-state index in [4.69, 9.17) is 10.5 Å². The number of nitrogens with two attached hydrogens (primary N) is 1. The fraction of sp³-hybridized carbons (Fsp3) is 0.657. The molecule has 1 aromatic carbocycles. The maximum Gasteiger partial charge on any atom is 0.251 e. The molecule has 5 rings (SSSR count). The first-order valence-corrected chi connectivity index (χ1v) is 19.7. The van der Waals surface area contributed by atoms with Crippen molar-refractivity contribution in [1.82, 2.24) is 31.1 Å². The number of nitrogens with one attached hydrogen (secondary N) is 3. The molecule has 3 aliphatic heterocycles. The fourth-order valence-corrected chi connectivity index (χ4v) is 8.52. The minimum atomic E-state index is -3.47. The Bertz CT molecular complexity index is 1600. The second-order valence-corrected chi connectivity index (χ2v) is 17.1. The normalized spacial score (nSPS) is 23.7. The lowest BCUT2D eigenvalue weighted by molar-refractivity contribution is -0.142. The molecule has 0 radical (unpaired) electrons. The highest BCUT2D eigenvalue weighted by atomic mass is 32.2. The molecule has 15 nitrogen and oxygen atoms in total. The van der Waals surface area contributed by atoms with Gasteiger partial charge in [0.15, 0.2) is 9.84 Å². The van der Waals surface area contributed by atoms with Crippen LogP contribution in [0.4, 0.5) is 0 Å². The molecule has 1 saturated carbocycles. The van der Waals surface area contributed by atoms with Crippen molar-refractivity contribution < 1.29 is 37.4 Å². The van der Waals surface area contributed by atoms with E-state index in [-0.39, 0.29) is 35.8 Å². The summed E-state index contributed by atoms with van der Waals surface area (Å²) in [4.78, 5) is 56.6. The van der Waals surface area contributed by atoms with Crippen LogP contribution < -0.4 is 21.8 Å². The molecule has 6 N–H and O–H groups in total. The van der Waals surface area contributed by atoms with Crippen molar-refractivity contribution in [2.75, 3.05) is 33.1 Å². The van der Waals surface area contributed by atoms with Gasteiger partial charge >= 0.3 is 0 Å². The molecule has 1 aliphatic carbocycles. The summed E-state index contributed by atoms with van der Waals surface area (Å²) in [5.74, 6) is -1.75. The molecule has 4 amide bonds. The quantitative estimate of drug-likeness (QED) is 0.205. The van der Waals surface area contributed by atoms with Gasteiger partial charge in [0.05, 0.1) is 22.2 Å². The number of nitrogens with zero attached hydrogens (tertiary/aromatic N) is 3. The van der Waals surface area contributed by atoms with Gasteiger partial charge in [-0.25, -0.2) is 8.42 Å². The molecular formula is C35H53N7O8S. The van der Waals surface area contributed by atoms with Gasteiger partial charge in [0.2, 0.25) is 17.7 Å². The average molecular weight is 732 g/mol. The highest BCUT2D eigenvalue weighted by Crippen LogP contribution is 2.35. The molecule has 0 unspecified atom stereocenters. The highest BCUT2D eigenvalue weighted by molar-refractivity contribution is 7.90. The largest absolute Gasteiger partial charge is 0.384 e. The summed E-state index contributed by atoms with van der Waals surface area (Å²) in [5.41, 5.74) is 7.31. The lowest BCUT2D eigenvalue weighted by Gasteiger charge is -2.39. The number of aliphatic hydroxyl groups is 1. The number of carbonyl (C=O) groups excluding carboxylic acids is 4. The SMILES string of the molecule is CN1NC=C(C(C)(C)O)N1[C@H]1C[C@@H](C(=O)NC2(CC(N)=O)CCOCC2)N(C(=O)[C@@H](CC2CCCCC2)NC(=O)c2ccc(S(C)(=O)=O)cc2)C1. The molecule has 0 spiro atoms. The summed E-state index contributed by atoms with van der Waals surface area (Å²) >= 11 is 0. The number of sulfone groups is 1. The number of benzene rings is 1. The van der Waals surface area contributed by atoms with E-state index in [1.54, 1.807) is 32.2 Å². The Balaban J connectivity index is 1.46. The van der Waals surface area contributed by atoms with Crippen LogP contribution in [0.5, 0.6) is 0 Å². The van der Waals surface area contributed by atoms with E-state index in [0.717, 1.165) is 38.4 Å². The van der Waals surface area contributed by atoms with Gasteiger partial charge in [0.1, 0.15) is 17.7 Å². The van der Waals surface area contributed by atoms with Crippen molar-refractivity contribution in [2.24, 2.45) is 11.7 Å². The lowest BCUT2D eigenvalue weighted by atomic mass is 9.84. The summed E-state index contributed by atoms with van der Waals surface area (Å²) in [5, 5.41) is 20.6. The van der Waals surface area contributed by atoms with E-state index >= 15 is 0 Å². The minimum absolute atomic E-state index is 0.0744. The number of hydrogen-bond acceptors (Lipinski definition) is 11. The smallest absolute Gasteiger partial charge is 0.251 e. The van der Waals surface area contributed by atoms with Gasteiger partial charge in [-0.2, -0.15) is 0 Å². The lowest BCUT2D eigenvalue weighted by Crippen LogP contribution is -2.59. The number of primary amides is 1. The molecule has 2 saturated heterocycles. The number of amides is 4. The number of rotatable bonds is 12. The molecule has 3 fully saturated rings. The van der Waals surface area contributed by atoms with Gasteiger partial charge in [-0.15, -0.1) is 5.12 Å². The number of carbonyl (C=O) groups is 4. The van der Waals surface area contributed by atoms with Gasteiger partial charge in [-0.1, -0.05) is 32.1 Å². The van der Waals surface area contributed by atoms with Crippen LogP contribution in [0.3, 0.4) is 0 Å². The zero-order valence-electron chi connectivity index (χ0n) is 30.0. The van der Waals surface area contributed by atoms with Gasteiger partial charge in [0.25, 0.3) is 5.91 Å². The monoisotopic (exact) mass is 731 g/mol. The van der Waals surface area contributed by atoms with E-state index in [9.17, 15) is 32.7 Å². The third-order valence-corrected chi connectivity index (χ3v) is 11.7. The molecule has 51 heavy (non-hydrogen) atoms. The van der Waals surface area contributed by atoms with Crippen molar-refractivity contribution >= 4 is 33.5 Å². The summed E-state index contributed by atoms with van der Waals surface area (Å²) in [6.45, 7) is 4.11. The van der Waals surface area contributed by atoms with Crippen LogP contribution in [0.2, 0.25) is 0 Å². The third-order valence-electron chi connectivity index (χ3n) is 10.6. The first kappa shape index (κ1) is 38.5. The topological polar surface area (TPSA) is 204 Å². The maximum atomic E-state index is 14.8. The Kier molecular flexibility index (Phi) is 11.7. The first-order chi connectivity index (χ1) is 24.0. The van der Waals surface area contributed by atoms with Crippen LogP contribution in [0.15, 0.2) is 41.1 Å². The molecule has 3 heterocycles. The van der Waals surface area contributed by atoms with Crippen LogP contribution in [0.1, 0.15) is 88.4 Å². The molecule has 4 aliphatic rings. The van der Waals surface area contributed by atoms with Gasteiger partial charge < -0.3 is 36.5 Å². The Morgan fingerprint density at radius 1 is 1.10 bits per heavy atom. The molecule has 3 atom stereocenters. The second-order valence-electron chi connectivity index (χ2n) is 15.1. The third kappa shape index (κ3) is 9.20. The molecule has 282 valence electrons. The Hall–Kier alpha value is -3.73. The molecular weight excluding hydrogens is 678 g/mol. The van der Waals surface area contributed by atoms with E-state index in [1.807, 2.05) is 5.01 Å². The molecule has 16 heteroatoms. The summed E-state index contributed by atoms with van der Waals surface area (Å²) in [6, 6.07) is 3.20. The van der Waals surface area contributed by atoms with Crippen molar-refractivity contribution in [3.8, 4) is 0 Å². The van der Waals surface area contributed by atoms with Crippen molar-refractivity contribution in [3.63, 3.8) is 0 Å². The van der Waals surface area contributed by atoms with Crippen molar-refractivity contribution in [1.29, 1.82) is 0 Å². The maximum absolute atomic E-state index is 14.8. The number of ether oxygens (including phenoxy) is 1. The van der Waals surface area contributed by atoms with Gasteiger partial charge in [-0.05, 0) is 63.3 Å². The standard InChI is InChI=1S/C35H53N7O8S/c1-34(2,47)29-21-37-40(3)42(29)25-19-28(32(45)39-35(20-30(36)43)14-16-50-17-15-35)41(22-25)33(46)27(18-23-8-6-5-7-9-23)38-31(44)24-10-12-26(13-11-24)51(4,48)49/h10-13,21,23,25,27-28,37,47H,5-9,14-20,22H2,1-4H3,(H2,36,43)(H,38,44)(H,39,45)/t25-,27+,28-/m0/s1. The van der Waals surface area contributed by atoms with E-state index in [1.165, 1.54) is 29.2 Å². The van der Waals surface area contributed by atoms with Crippen LogP contribution in [-0.2, 0) is 29.0 Å². The van der Waals surface area contributed by atoms with Gasteiger partial charge in [0, 0.05) is 57.7 Å². The van der Waals surface area contributed by atoms with Crippen LogP contribution in [0.25, 0.3) is 0 Å². The predicted molar refractivity (Wildman–Crippen MR) is 188 cm³/mol. The number of hydrazine groups is 2. The predicted octanol–water partition coefficient (Wildman–Crippen LogP) is 0.949. The van der Waals surface area contributed by atoms with E-state index < -0.39 is 62.7 Å². The van der Waals surface area contributed by atoms with E-state index in [2.05, 4.69) is 16.1 Å². The average Bonchev–Trinajstić information content (AvgIpc) is 3.68. The summed E-state index contributed by atoms with van der Waals surface area (Å²) in [6.07, 6.45) is 9.03. The van der Waals surface area contributed by atoms with Crippen LogP contribution in [0, 0.1) is 5.92 Å². The van der Waals surface area contributed by atoms with Crippen LogP contribution >= 0.6 is 0 Å². The second kappa shape index (κ2) is 15.5. The van der Waals surface area contributed by atoms with Crippen molar-refractivity contribution in [3.05, 3.63) is 41.7 Å². The highest BCUT2D eigenvalue weighted by Gasteiger charge is 2.49. The Morgan fingerprint density at radius 3 is 2.33 bits per heavy atom. The molecule has 0 aromatic heterocycles. The number of hydrogen-bond donors (Lipinski definition) is 5. The van der Waals surface area contributed by atoms with Crippen LogP contribution in [-0.4, -0.2) is 115 Å². The minimum Gasteiger partial charge on any atom is -0.384 e. The Morgan fingerprint density at radius 2 is 1.75 bits per heavy atom. The fourth-order valence-electron chi connectivity index (χ4n) is 7.89. The Labute approximate surface area is 300 Å². The van der Waals surface area contributed by atoms with Crippen molar-refractivity contribution in [2.45, 2.75) is 112 Å². The van der Waals surface area contributed by atoms with Gasteiger partial charge in [-0.3, -0.25) is 24.2 Å². The van der Waals surface area contributed by atoms with E-state index in [0.29, 0.717) is 38.2 Å². The first-order valence-electron chi connectivity index (χ1n) is 17.8. The molecule has 0 bridgehead atoms. The summed E-state index contributed by atoms with van der Waals surface area (Å²) in [7, 11) is -1.69.